The Morgan fingerprint density at radius 3 is 3.08 bits per heavy atom. The zero-order valence-electron chi connectivity index (χ0n) is 6.53. The third-order valence-corrected chi connectivity index (χ3v) is 3.13. The topological polar surface area (TPSA) is 28.7 Å². The first-order valence-corrected chi connectivity index (χ1v) is 5.19. The molecular formula is C8H8N2S2. The highest BCUT2D eigenvalue weighted by Crippen LogP contribution is 2.29. The van der Waals surface area contributed by atoms with Gasteiger partial charge in [0.1, 0.15) is 5.52 Å². The Bertz CT molecular complexity index is 408. The molecule has 1 heterocycles. The van der Waals surface area contributed by atoms with Crippen LogP contribution >= 0.6 is 24.4 Å². The lowest BCUT2D eigenvalue weighted by Gasteiger charge is -2.00. The highest BCUT2D eigenvalue weighted by Gasteiger charge is 2.04. The van der Waals surface area contributed by atoms with Gasteiger partial charge >= 0.3 is 0 Å². The smallest absolute Gasteiger partial charge is 0.103 e. The van der Waals surface area contributed by atoms with Crippen molar-refractivity contribution in [1.29, 1.82) is 0 Å². The second-order valence-corrected chi connectivity index (χ2v) is 3.71. The average Bonchev–Trinajstić information content (AvgIpc) is 2.53. The minimum absolute atomic E-state index is 0.949. The Morgan fingerprint density at radius 2 is 2.33 bits per heavy atom. The van der Waals surface area contributed by atoms with Gasteiger partial charge in [-0.25, -0.2) is 4.98 Å². The van der Waals surface area contributed by atoms with Crippen molar-refractivity contribution in [1.82, 2.24) is 9.97 Å². The van der Waals surface area contributed by atoms with E-state index in [9.17, 15) is 0 Å². The molecule has 2 rings (SSSR count). The molecule has 12 heavy (non-hydrogen) atoms. The summed E-state index contributed by atoms with van der Waals surface area (Å²) in [5.74, 6) is 0. The number of thiol groups is 1. The summed E-state index contributed by atoms with van der Waals surface area (Å²) in [5, 5.41) is 0. The third kappa shape index (κ3) is 1.11. The first kappa shape index (κ1) is 8.01. The lowest BCUT2D eigenvalue weighted by molar-refractivity contribution is 1.27. The first-order valence-electron chi connectivity index (χ1n) is 3.52. The van der Waals surface area contributed by atoms with Gasteiger partial charge in [-0.2, -0.15) is 0 Å². The minimum atomic E-state index is 0.949. The van der Waals surface area contributed by atoms with Gasteiger partial charge in [-0.1, -0.05) is 0 Å². The van der Waals surface area contributed by atoms with E-state index >= 15 is 0 Å². The van der Waals surface area contributed by atoms with Crippen LogP contribution in [0.2, 0.25) is 0 Å². The Kier molecular flexibility index (Phi) is 2.02. The molecule has 0 radical (unpaired) electrons. The van der Waals surface area contributed by atoms with Crippen LogP contribution in [0.25, 0.3) is 11.0 Å². The number of hydrogen-bond acceptors (Lipinski definition) is 3. The second-order valence-electron chi connectivity index (χ2n) is 2.42. The van der Waals surface area contributed by atoms with Crippen LogP contribution in [0.3, 0.4) is 0 Å². The molecule has 0 saturated heterocycles. The molecule has 0 aliphatic rings. The Morgan fingerprint density at radius 1 is 1.50 bits per heavy atom. The van der Waals surface area contributed by atoms with E-state index in [0.717, 1.165) is 20.8 Å². The molecule has 0 aliphatic heterocycles. The predicted molar refractivity (Wildman–Crippen MR) is 55.1 cm³/mol. The molecular weight excluding hydrogens is 188 g/mol. The summed E-state index contributed by atoms with van der Waals surface area (Å²) in [6.07, 6.45) is 3.72. The Hall–Kier alpha value is -0.610. The number of fused-ring (bicyclic) bond motifs is 1. The van der Waals surface area contributed by atoms with E-state index in [1.54, 1.807) is 18.1 Å². The molecule has 0 saturated carbocycles. The van der Waals surface area contributed by atoms with Gasteiger partial charge in [0.15, 0.2) is 0 Å². The summed E-state index contributed by atoms with van der Waals surface area (Å²) in [5.41, 5.74) is 1.99. The Labute approximate surface area is 80.2 Å². The van der Waals surface area contributed by atoms with Crippen molar-refractivity contribution in [3.63, 3.8) is 0 Å². The van der Waals surface area contributed by atoms with Crippen molar-refractivity contribution in [2.45, 2.75) is 9.79 Å². The van der Waals surface area contributed by atoms with Gasteiger partial charge in [0, 0.05) is 9.79 Å². The number of nitrogens with zero attached hydrogens (tertiary/aromatic N) is 1. The van der Waals surface area contributed by atoms with Crippen LogP contribution in [0, 0.1) is 0 Å². The summed E-state index contributed by atoms with van der Waals surface area (Å²) in [7, 11) is 0. The van der Waals surface area contributed by atoms with Crippen molar-refractivity contribution >= 4 is 35.4 Å². The quantitative estimate of drug-likeness (QED) is 0.542. The monoisotopic (exact) mass is 196 g/mol. The van der Waals surface area contributed by atoms with E-state index in [0.29, 0.717) is 0 Å². The van der Waals surface area contributed by atoms with Gasteiger partial charge in [0.05, 0.1) is 11.8 Å². The number of imidazole rings is 1. The zero-order chi connectivity index (χ0) is 8.55. The van der Waals surface area contributed by atoms with Crippen molar-refractivity contribution in [2.24, 2.45) is 0 Å². The summed E-state index contributed by atoms with van der Waals surface area (Å²) >= 11 is 6.09. The van der Waals surface area contributed by atoms with Crippen LogP contribution in [-0.2, 0) is 0 Å². The Balaban J connectivity index is 2.78. The lowest BCUT2D eigenvalue weighted by atomic mass is 10.3. The molecule has 0 aliphatic carbocycles. The van der Waals surface area contributed by atoms with E-state index in [-0.39, 0.29) is 0 Å². The molecule has 2 aromatic rings. The van der Waals surface area contributed by atoms with Gasteiger partial charge in [0.2, 0.25) is 0 Å². The molecule has 0 bridgehead atoms. The number of aromatic amines is 1. The summed E-state index contributed by atoms with van der Waals surface area (Å²) in [4.78, 5) is 9.35. The molecule has 4 heteroatoms. The molecule has 0 amide bonds. The maximum absolute atomic E-state index is 4.41. The van der Waals surface area contributed by atoms with E-state index < -0.39 is 0 Å². The highest BCUT2D eigenvalue weighted by atomic mass is 32.2. The number of H-pyrrole nitrogens is 1. The number of rotatable bonds is 1. The van der Waals surface area contributed by atoms with Gasteiger partial charge in [-0.05, 0) is 18.4 Å². The fourth-order valence-corrected chi connectivity index (χ4v) is 2.16. The van der Waals surface area contributed by atoms with Crippen molar-refractivity contribution in [3.8, 4) is 0 Å². The van der Waals surface area contributed by atoms with Gasteiger partial charge in [-0.3, -0.25) is 0 Å². The van der Waals surface area contributed by atoms with Gasteiger partial charge in [-0.15, -0.1) is 24.4 Å². The molecule has 0 spiro atoms. The van der Waals surface area contributed by atoms with Crippen molar-refractivity contribution in [3.05, 3.63) is 18.5 Å². The SMILES string of the molecule is CSc1ccc2[nH]cnc2c1S. The van der Waals surface area contributed by atoms with Crippen molar-refractivity contribution in [2.75, 3.05) is 6.26 Å². The molecule has 1 aromatic heterocycles. The van der Waals surface area contributed by atoms with E-state index in [2.05, 4.69) is 22.6 Å². The number of nitrogens with one attached hydrogen (secondary N) is 1. The molecule has 0 fully saturated rings. The fraction of sp³-hybridized carbons (Fsp3) is 0.125. The number of aromatic nitrogens is 2. The van der Waals surface area contributed by atoms with Crippen LogP contribution in [0.15, 0.2) is 28.3 Å². The van der Waals surface area contributed by atoms with Gasteiger partial charge < -0.3 is 4.98 Å². The summed E-state index contributed by atoms with van der Waals surface area (Å²) < 4.78 is 0. The number of benzene rings is 1. The highest BCUT2D eigenvalue weighted by molar-refractivity contribution is 7.99. The molecule has 1 aromatic carbocycles. The largest absolute Gasteiger partial charge is 0.345 e. The second kappa shape index (κ2) is 3.03. The molecule has 2 nitrogen and oxygen atoms in total. The van der Waals surface area contributed by atoms with Gasteiger partial charge in [0.25, 0.3) is 0 Å². The molecule has 1 N–H and O–H groups in total. The molecule has 0 unspecified atom stereocenters. The summed E-state index contributed by atoms with van der Waals surface area (Å²) in [6, 6.07) is 4.07. The zero-order valence-corrected chi connectivity index (χ0v) is 8.25. The maximum atomic E-state index is 4.41. The molecule has 0 atom stereocenters. The van der Waals surface area contributed by atoms with Crippen LogP contribution in [-0.4, -0.2) is 16.2 Å². The standard InChI is InChI=1S/C8H8N2S2/c1-12-6-3-2-5-7(8(6)11)10-4-9-5/h2-4,11H,1H3,(H,9,10). The maximum Gasteiger partial charge on any atom is 0.103 e. The van der Waals surface area contributed by atoms with E-state index in [1.165, 1.54) is 0 Å². The summed E-state index contributed by atoms with van der Waals surface area (Å²) in [6.45, 7) is 0. The van der Waals surface area contributed by atoms with E-state index in [4.69, 9.17) is 0 Å². The van der Waals surface area contributed by atoms with Crippen LogP contribution in [0.1, 0.15) is 0 Å². The van der Waals surface area contributed by atoms with Crippen LogP contribution in [0.4, 0.5) is 0 Å². The number of thioether (sulfide) groups is 1. The van der Waals surface area contributed by atoms with Crippen LogP contribution in [0.5, 0.6) is 0 Å². The van der Waals surface area contributed by atoms with Crippen LogP contribution < -0.4 is 0 Å². The lowest BCUT2D eigenvalue weighted by Crippen LogP contribution is -1.77. The first-order chi connectivity index (χ1) is 5.83. The minimum Gasteiger partial charge on any atom is -0.345 e. The average molecular weight is 196 g/mol. The van der Waals surface area contributed by atoms with Crippen molar-refractivity contribution < 1.29 is 0 Å². The fourth-order valence-electron chi connectivity index (χ4n) is 1.14. The molecule has 62 valence electrons. The third-order valence-electron chi connectivity index (χ3n) is 1.75. The predicted octanol–water partition coefficient (Wildman–Crippen LogP) is 2.57. The normalized spacial score (nSPS) is 10.8. The number of hydrogen-bond donors (Lipinski definition) is 2. The van der Waals surface area contributed by atoms with E-state index in [1.807, 2.05) is 18.4 Å².